The third-order valence-electron chi connectivity index (χ3n) is 3.16. The first-order valence-corrected chi connectivity index (χ1v) is 7.27. The molecule has 0 aromatic heterocycles. The van der Waals surface area contributed by atoms with Crippen LogP contribution in [0.4, 0.5) is 10.5 Å². The highest BCUT2D eigenvalue weighted by Gasteiger charge is 2.20. The number of carbonyl (C=O) groups excluding carboxylic acids is 1. The van der Waals surface area contributed by atoms with Gasteiger partial charge in [-0.25, -0.2) is 4.79 Å². The van der Waals surface area contributed by atoms with Crippen molar-refractivity contribution in [2.24, 2.45) is 0 Å². The largest absolute Gasteiger partial charge is 0.486 e. The molecule has 0 spiro atoms. The highest BCUT2D eigenvalue weighted by Crippen LogP contribution is 2.30. The van der Waals surface area contributed by atoms with E-state index in [0.717, 1.165) is 5.75 Å². The highest BCUT2D eigenvalue weighted by molar-refractivity contribution is 6.30. The molecule has 6 heteroatoms. The van der Waals surface area contributed by atoms with E-state index in [1.165, 1.54) is 0 Å². The number of amides is 2. The summed E-state index contributed by atoms with van der Waals surface area (Å²) in [6.07, 6.45) is -0.217. The molecule has 0 saturated carbocycles. The summed E-state index contributed by atoms with van der Waals surface area (Å²) in [5, 5.41) is 6.10. The number of para-hydroxylation sites is 2. The van der Waals surface area contributed by atoms with Gasteiger partial charge in [0.25, 0.3) is 0 Å². The lowest BCUT2D eigenvalue weighted by Crippen LogP contribution is -2.42. The molecule has 2 aromatic rings. The first-order chi connectivity index (χ1) is 10.7. The Labute approximate surface area is 133 Å². The minimum Gasteiger partial charge on any atom is -0.486 e. The molecule has 0 fully saturated rings. The standard InChI is InChI=1S/C16H15ClN2O3/c17-11-5-7-12(8-6-11)19-16(20)18-9-13-10-21-14-3-1-2-4-15(14)22-13/h1-8,13H,9-10H2,(H2,18,19,20). The molecule has 2 N–H and O–H groups in total. The Balaban J connectivity index is 1.49. The lowest BCUT2D eigenvalue weighted by atomic mass is 10.2. The quantitative estimate of drug-likeness (QED) is 0.913. The molecular formula is C16H15ClN2O3. The maximum Gasteiger partial charge on any atom is 0.319 e. The summed E-state index contributed by atoms with van der Waals surface area (Å²) in [6, 6.07) is 14.1. The molecule has 0 saturated heterocycles. The van der Waals surface area contributed by atoms with Crippen LogP contribution >= 0.6 is 11.6 Å². The molecule has 114 valence electrons. The summed E-state index contributed by atoms with van der Waals surface area (Å²) in [7, 11) is 0. The zero-order valence-corrected chi connectivity index (χ0v) is 12.5. The predicted molar refractivity (Wildman–Crippen MR) is 84.8 cm³/mol. The van der Waals surface area contributed by atoms with Gasteiger partial charge in [-0.1, -0.05) is 23.7 Å². The van der Waals surface area contributed by atoms with E-state index in [2.05, 4.69) is 10.6 Å². The van der Waals surface area contributed by atoms with Gasteiger partial charge in [-0.05, 0) is 36.4 Å². The molecule has 5 nitrogen and oxygen atoms in total. The fraction of sp³-hybridized carbons (Fsp3) is 0.188. The van der Waals surface area contributed by atoms with E-state index in [1.807, 2.05) is 24.3 Å². The lowest BCUT2D eigenvalue weighted by molar-refractivity contribution is 0.0922. The Bertz CT molecular complexity index is 661. The monoisotopic (exact) mass is 318 g/mol. The third kappa shape index (κ3) is 3.62. The fourth-order valence-corrected chi connectivity index (χ4v) is 2.20. The Kier molecular flexibility index (Phi) is 4.34. The summed E-state index contributed by atoms with van der Waals surface area (Å²) < 4.78 is 11.4. The fourth-order valence-electron chi connectivity index (χ4n) is 2.08. The number of hydrogen-bond acceptors (Lipinski definition) is 3. The second-order valence-electron chi connectivity index (χ2n) is 4.84. The Morgan fingerprint density at radius 1 is 1.14 bits per heavy atom. The van der Waals surface area contributed by atoms with Crippen molar-refractivity contribution in [3.63, 3.8) is 0 Å². The molecule has 0 bridgehead atoms. The zero-order chi connectivity index (χ0) is 15.4. The van der Waals surface area contributed by atoms with E-state index in [4.69, 9.17) is 21.1 Å². The molecule has 3 rings (SSSR count). The van der Waals surface area contributed by atoms with E-state index < -0.39 is 0 Å². The van der Waals surface area contributed by atoms with Gasteiger partial charge in [-0.2, -0.15) is 0 Å². The van der Waals surface area contributed by atoms with Crippen molar-refractivity contribution in [1.82, 2.24) is 5.32 Å². The Hall–Kier alpha value is -2.40. The number of urea groups is 1. The average Bonchev–Trinajstić information content (AvgIpc) is 2.55. The van der Waals surface area contributed by atoms with Crippen LogP contribution in [-0.2, 0) is 0 Å². The molecule has 1 atom stereocenters. The highest BCUT2D eigenvalue weighted by atomic mass is 35.5. The van der Waals surface area contributed by atoms with Crippen LogP contribution in [0.3, 0.4) is 0 Å². The summed E-state index contributed by atoms with van der Waals surface area (Å²) >= 11 is 5.79. The summed E-state index contributed by atoms with van der Waals surface area (Å²) in [4.78, 5) is 11.8. The average molecular weight is 319 g/mol. The van der Waals surface area contributed by atoms with Crippen molar-refractivity contribution < 1.29 is 14.3 Å². The van der Waals surface area contributed by atoms with E-state index >= 15 is 0 Å². The van der Waals surface area contributed by atoms with Crippen LogP contribution < -0.4 is 20.1 Å². The minimum atomic E-state index is -0.301. The first-order valence-electron chi connectivity index (χ1n) is 6.89. The van der Waals surface area contributed by atoms with Gasteiger partial charge in [0.15, 0.2) is 17.6 Å². The first kappa shape index (κ1) is 14.5. The van der Waals surface area contributed by atoms with Crippen LogP contribution in [-0.4, -0.2) is 25.3 Å². The third-order valence-corrected chi connectivity index (χ3v) is 3.41. The van der Waals surface area contributed by atoms with E-state index in [-0.39, 0.29) is 12.1 Å². The molecule has 0 aliphatic carbocycles. The second-order valence-corrected chi connectivity index (χ2v) is 5.28. The van der Waals surface area contributed by atoms with Gasteiger partial charge in [-0.3, -0.25) is 0 Å². The van der Waals surface area contributed by atoms with Gasteiger partial charge in [0.05, 0.1) is 6.54 Å². The number of rotatable bonds is 3. The molecule has 1 aliphatic heterocycles. The van der Waals surface area contributed by atoms with Crippen molar-refractivity contribution in [3.8, 4) is 11.5 Å². The number of anilines is 1. The van der Waals surface area contributed by atoms with E-state index in [9.17, 15) is 4.79 Å². The van der Waals surface area contributed by atoms with Gasteiger partial charge in [0, 0.05) is 10.7 Å². The summed E-state index contributed by atoms with van der Waals surface area (Å²) in [6.45, 7) is 0.756. The van der Waals surface area contributed by atoms with Gasteiger partial charge in [0.2, 0.25) is 0 Å². The van der Waals surface area contributed by atoms with Crippen LogP contribution in [0.2, 0.25) is 5.02 Å². The maximum absolute atomic E-state index is 11.8. The molecular weight excluding hydrogens is 304 g/mol. The van der Waals surface area contributed by atoms with E-state index in [1.54, 1.807) is 24.3 Å². The number of fused-ring (bicyclic) bond motifs is 1. The van der Waals surface area contributed by atoms with Crippen LogP contribution in [0.15, 0.2) is 48.5 Å². The normalized spacial score (nSPS) is 16.0. The van der Waals surface area contributed by atoms with Gasteiger partial charge in [0.1, 0.15) is 6.61 Å². The number of halogens is 1. The molecule has 2 amide bonds. The number of nitrogens with one attached hydrogen (secondary N) is 2. The SMILES string of the molecule is O=C(NCC1COc2ccccc2O1)Nc1ccc(Cl)cc1. The lowest BCUT2D eigenvalue weighted by Gasteiger charge is -2.26. The summed E-state index contributed by atoms with van der Waals surface area (Å²) in [5.74, 6) is 1.42. The Morgan fingerprint density at radius 2 is 1.86 bits per heavy atom. The molecule has 0 radical (unpaired) electrons. The molecule has 1 heterocycles. The molecule has 2 aromatic carbocycles. The Morgan fingerprint density at radius 3 is 2.64 bits per heavy atom. The number of ether oxygens (including phenoxy) is 2. The molecule has 22 heavy (non-hydrogen) atoms. The number of carbonyl (C=O) groups is 1. The van der Waals surface area contributed by atoms with Crippen LogP contribution in [0.25, 0.3) is 0 Å². The zero-order valence-electron chi connectivity index (χ0n) is 11.7. The topological polar surface area (TPSA) is 59.6 Å². The van der Waals surface area contributed by atoms with Crippen LogP contribution in [0.5, 0.6) is 11.5 Å². The number of hydrogen-bond donors (Lipinski definition) is 2. The van der Waals surface area contributed by atoms with Gasteiger partial charge in [-0.15, -0.1) is 0 Å². The maximum atomic E-state index is 11.8. The van der Waals surface area contributed by atoms with Gasteiger partial charge < -0.3 is 20.1 Å². The smallest absolute Gasteiger partial charge is 0.319 e. The van der Waals surface area contributed by atoms with Crippen molar-refractivity contribution in [1.29, 1.82) is 0 Å². The molecule has 1 unspecified atom stereocenters. The van der Waals surface area contributed by atoms with Crippen molar-refractivity contribution >= 4 is 23.3 Å². The predicted octanol–water partition coefficient (Wildman–Crippen LogP) is 3.30. The van der Waals surface area contributed by atoms with E-state index in [0.29, 0.717) is 29.6 Å². The van der Waals surface area contributed by atoms with Crippen molar-refractivity contribution in [2.45, 2.75) is 6.10 Å². The number of benzene rings is 2. The summed E-state index contributed by atoms with van der Waals surface area (Å²) in [5.41, 5.74) is 0.674. The van der Waals surface area contributed by atoms with Crippen LogP contribution in [0.1, 0.15) is 0 Å². The van der Waals surface area contributed by atoms with Gasteiger partial charge >= 0.3 is 6.03 Å². The minimum absolute atomic E-state index is 0.217. The van der Waals surface area contributed by atoms with Crippen molar-refractivity contribution in [3.05, 3.63) is 53.6 Å². The molecule has 1 aliphatic rings. The second kappa shape index (κ2) is 6.58. The van der Waals surface area contributed by atoms with Crippen molar-refractivity contribution in [2.75, 3.05) is 18.5 Å². The van der Waals surface area contributed by atoms with Crippen LogP contribution in [0, 0.1) is 0 Å².